The summed E-state index contributed by atoms with van der Waals surface area (Å²) in [4.78, 5) is 13.0. The van der Waals surface area contributed by atoms with E-state index in [4.69, 9.17) is 4.74 Å². The molecule has 0 spiro atoms. The first-order chi connectivity index (χ1) is 7.29. The largest absolute Gasteiger partial charge is 0.444 e. The Morgan fingerprint density at radius 3 is 2.69 bits per heavy atom. The topological polar surface area (TPSA) is 49.8 Å². The van der Waals surface area contributed by atoms with Gasteiger partial charge in [0, 0.05) is 6.54 Å². The molecule has 0 radical (unpaired) electrons. The van der Waals surface area contributed by atoms with Gasteiger partial charge in [0.25, 0.3) is 0 Å². The van der Waals surface area contributed by atoms with Crippen LogP contribution in [0.25, 0.3) is 0 Å². The second kappa shape index (κ2) is 4.99. The molecule has 16 heavy (non-hydrogen) atoms. The van der Waals surface area contributed by atoms with Crippen LogP contribution >= 0.6 is 0 Å². The summed E-state index contributed by atoms with van der Waals surface area (Å²) in [5.41, 5.74) is -0.576. The van der Waals surface area contributed by atoms with Gasteiger partial charge in [-0.05, 0) is 33.6 Å². The van der Waals surface area contributed by atoms with E-state index in [1.165, 1.54) is 4.90 Å². The number of halogens is 1. The number of carbonyl (C=O) groups excluding carboxylic acids is 1. The Morgan fingerprint density at radius 1 is 1.50 bits per heavy atom. The van der Waals surface area contributed by atoms with Gasteiger partial charge in [-0.15, -0.1) is 0 Å². The number of nitrogens with zero attached hydrogens (tertiary/aromatic N) is 1. The fraction of sp³-hybridized carbons (Fsp3) is 0.909. The van der Waals surface area contributed by atoms with Gasteiger partial charge in [0.1, 0.15) is 11.8 Å². The standard InChI is InChI=1S/C11H20FNO3/c1-11(2,3)16-10(15)13-6-4-5-9(14)8(12)7-13/h8-9,14H,4-7H2,1-3H3/t8-,9+/m0/s1. The first kappa shape index (κ1) is 13.2. The van der Waals surface area contributed by atoms with Crippen LogP contribution in [0.3, 0.4) is 0 Å². The molecular formula is C11H20FNO3. The van der Waals surface area contributed by atoms with Crippen molar-refractivity contribution in [2.24, 2.45) is 0 Å². The van der Waals surface area contributed by atoms with Crippen LogP contribution in [-0.4, -0.2) is 47.1 Å². The molecule has 0 unspecified atom stereocenters. The van der Waals surface area contributed by atoms with Gasteiger partial charge in [-0.25, -0.2) is 9.18 Å². The van der Waals surface area contributed by atoms with Crippen LogP contribution in [0.2, 0.25) is 0 Å². The molecule has 1 aliphatic rings. The first-order valence-corrected chi connectivity index (χ1v) is 5.59. The summed E-state index contributed by atoms with van der Waals surface area (Å²) in [7, 11) is 0. The second-order valence-electron chi connectivity index (χ2n) is 5.15. The zero-order valence-corrected chi connectivity index (χ0v) is 10.1. The SMILES string of the molecule is CC(C)(C)OC(=O)N1CCC[C@@H](O)[C@@H](F)C1. The van der Waals surface area contributed by atoms with Crippen LogP contribution in [0, 0.1) is 0 Å². The highest BCUT2D eigenvalue weighted by Crippen LogP contribution is 2.17. The third kappa shape index (κ3) is 3.96. The third-order valence-electron chi connectivity index (χ3n) is 2.39. The van der Waals surface area contributed by atoms with E-state index in [2.05, 4.69) is 0 Å². The highest BCUT2D eigenvalue weighted by molar-refractivity contribution is 5.68. The molecule has 2 atom stereocenters. The van der Waals surface area contributed by atoms with E-state index in [1.54, 1.807) is 20.8 Å². The molecule has 0 aromatic carbocycles. The molecule has 1 aliphatic heterocycles. The molecule has 0 aromatic heterocycles. The van der Waals surface area contributed by atoms with E-state index in [9.17, 15) is 14.3 Å². The Labute approximate surface area is 95.4 Å². The number of hydrogen-bond donors (Lipinski definition) is 1. The Bertz CT molecular complexity index is 252. The predicted molar refractivity (Wildman–Crippen MR) is 57.9 cm³/mol. The van der Waals surface area contributed by atoms with Crippen LogP contribution in [-0.2, 0) is 4.74 Å². The minimum Gasteiger partial charge on any atom is -0.444 e. The molecule has 4 nitrogen and oxygen atoms in total. The van der Waals surface area contributed by atoms with Crippen LogP contribution in [0.5, 0.6) is 0 Å². The molecule has 1 fully saturated rings. The number of likely N-dealkylation sites (tertiary alicyclic amines) is 1. The van der Waals surface area contributed by atoms with Gasteiger partial charge in [-0.1, -0.05) is 0 Å². The van der Waals surface area contributed by atoms with E-state index in [0.29, 0.717) is 19.4 Å². The van der Waals surface area contributed by atoms with Gasteiger partial charge in [0.05, 0.1) is 12.6 Å². The van der Waals surface area contributed by atoms with Gasteiger partial charge >= 0.3 is 6.09 Å². The lowest BCUT2D eigenvalue weighted by Crippen LogP contribution is -2.41. The number of ether oxygens (including phenoxy) is 1. The highest BCUT2D eigenvalue weighted by atomic mass is 19.1. The lowest BCUT2D eigenvalue weighted by Gasteiger charge is -2.27. The zero-order chi connectivity index (χ0) is 12.3. The Balaban J connectivity index is 2.56. The van der Waals surface area contributed by atoms with Gasteiger partial charge in [-0.2, -0.15) is 0 Å². The van der Waals surface area contributed by atoms with Crippen molar-refractivity contribution in [1.82, 2.24) is 4.90 Å². The summed E-state index contributed by atoms with van der Waals surface area (Å²) in [5.74, 6) is 0. The van der Waals surface area contributed by atoms with Gasteiger partial charge in [0.2, 0.25) is 0 Å². The number of aliphatic hydroxyl groups excluding tert-OH is 1. The molecule has 0 saturated carbocycles. The normalized spacial score (nSPS) is 27.4. The van der Waals surface area contributed by atoms with Crippen LogP contribution in [0.1, 0.15) is 33.6 Å². The van der Waals surface area contributed by atoms with Crippen molar-refractivity contribution in [1.29, 1.82) is 0 Å². The maximum atomic E-state index is 13.4. The molecule has 1 rings (SSSR count). The van der Waals surface area contributed by atoms with Crippen molar-refractivity contribution >= 4 is 6.09 Å². The maximum absolute atomic E-state index is 13.4. The van der Waals surface area contributed by atoms with E-state index < -0.39 is 24.0 Å². The van der Waals surface area contributed by atoms with E-state index in [-0.39, 0.29) is 6.54 Å². The number of rotatable bonds is 0. The van der Waals surface area contributed by atoms with E-state index >= 15 is 0 Å². The third-order valence-corrected chi connectivity index (χ3v) is 2.39. The lowest BCUT2D eigenvalue weighted by atomic mass is 10.1. The zero-order valence-electron chi connectivity index (χ0n) is 10.1. The summed E-state index contributed by atoms with van der Waals surface area (Å²) < 4.78 is 18.5. The monoisotopic (exact) mass is 233 g/mol. The minimum absolute atomic E-state index is 0.0872. The summed E-state index contributed by atoms with van der Waals surface area (Å²) >= 11 is 0. The smallest absolute Gasteiger partial charge is 0.410 e. The maximum Gasteiger partial charge on any atom is 0.410 e. The number of aliphatic hydroxyl groups is 1. The fourth-order valence-electron chi connectivity index (χ4n) is 1.59. The van der Waals surface area contributed by atoms with Crippen LogP contribution in [0.15, 0.2) is 0 Å². The summed E-state index contributed by atoms with van der Waals surface area (Å²) in [5, 5.41) is 9.34. The molecule has 0 aromatic rings. The average Bonchev–Trinajstić information content (AvgIpc) is 2.27. The molecule has 1 heterocycles. The summed E-state index contributed by atoms with van der Waals surface area (Å²) in [6.07, 6.45) is -1.87. The second-order valence-corrected chi connectivity index (χ2v) is 5.15. The quantitative estimate of drug-likeness (QED) is 0.693. The Hall–Kier alpha value is -0.840. The molecule has 5 heteroatoms. The number of hydrogen-bond acceptors (Lipinski definition) is 3. The van der Waals surface area contributed by atoms with Crippen molar-refractivity contribution in [2.75, 3.05) is 13.1 Å². The predicted octanol–water partition coefficient (Wildman–Crippen LogP) is 1.72. The highest BCUT2D eigenvalue weighted by Gasteiger charge is 2.30. The number of alkyl halides is 1. The molecule has 94 valence electrons. The minimum atomic E-state index is -1.38. The van der Waals surface area contributed by atoms with Crippen molar-refractivity contribution in [2.45, 2.75) is 51.5 Å². The van der Waals surface area contributed by atoms with Crippen molar-refractivity contribution in [3.8, 4) is 0 Å². The lowest BCUT2D eigenvalue weighted by molar-refractivity contribution is 0.0161. The van der Waals surface area contributed by atoms with Gasteiger partial charge < -0.3 is 14.7 Å². The number of carbonyl (C=O) groups is 1. The van der Waals surface area contributed by atoms with Crippen molar-refractivity contribution in [3.05, 3.63) is 0 Å². The van der Waals surface area contributed by atoms with Crippen molar-refractivity contribution < 1.29 is 19.0 Å². The molecule has 1 amide bonds. The van der Waals surface area contributed by atoms with Gasteiger partial charge in [0.15, 0.2) is 0 Å². The number of amides is 1. The molecular weight excluding hydrogens is 213 g/mol. The summed E-state index contributed by atoms with van der Waals surface area (Å²) in [6.45, 7) is 5.65. The summed E-state index contributed by atoms with van der Waals surface area (Å²) in [6, 6.07) is 0. The Morgan fingerprint density at radius 2 is 2.12 bits per heavy atom. The van der Waals surface area contributed by atoms with E-state index in [0.717, 1.165) is 0 Å². The van der Waals surface area contributed by atoms with E-state index in [1.807, 2.05) is 0 Å². The molecule has 0 aliphatic carbocycles. The molecule has 1 N–H and O–H groups in total. The van der Waals surface area contributed by atoms with Crippen LogP contribution in [0.4, 0.5) is 9.18 Å². The average molecular weight is 233 g/mol. The molecule has 1 saturated heterocycles. The molecule has 0 bridgehead atoms. The van der Waals surface area contributed by atoms with Crippen molar-refractivity contribution in [3.63, 3.8) is 0 Å². The fourth-order valence-corrected chi connectivity index (χ4v) is 1.59. The van der Waals surface area contributed by atoms with Gasteiger partial charge in [-0.3, -0.25) is 0 Å². The Kier molecular flexibility index (Phi) is 4.13. The first-order valence-electron chi connectivity index (χ1n) is 5.59. The van der Waals surface area contributed by atoms with Crippen LogP contribution < -0.4 is 0 Å².